The largest absolute Gasteiger partial charge is 0.481 e. The second-order valence-corrected chi connectivity index (χ2v) is 4.53. The van der Waals surface area contributed by atoms with E-state index in [9.17, 15) is 9.59 Å². The van der Waals surface area contributed by atoms with Gasteiger partial charge < -0.3 is 15.3 Å². The number of carbonyl (C=O) groups is 2. The molecule has 1 amide bonds. The summed E-state index contributed by atoms with van der Waals surface area (Å²) >= 11 is 5.89. The minimum atomic E-state index is -0.853. The Bertz CT molecular complexity index is 490. The number of benzene rings is 1. The van der Waals surface area contributed by atoms with Crippen molar-refractivity contribution in [3.63, 3.8) is 0 Å². The molecule has 6 heteroatoms. The number of nitrogens with zero attached hydrogens (tertiary/aromatic N) is 1. The van der Waals surface area contributed by atoms with E-state index in [1.165, 1.54) is 0 Å². The van der Waals surface area contributed by atoms with Crippen LogP contribution in [0.5, 0.6) is 0 Å². The summed E-state index contributed by atoms with van der Waals surface area (Å²) in [6.45, 7) is 0.882. The molecule has 0 unspecified atom stereocenters. The molecule has 5 nitrogen and oxygen atoms in total. The van der Waals surface area contributed by atoms with Gasteiger partial charge in [-0.15, -0.1) is 0 Å². The third-order valence-electron chi connectivity index (χ3n) is 2.78. The van der Waals surface area contributed by atoms with E-state index in [4.69, 9.17) is 16.7 Å². The lowest BCUT2D eigenvalue weighted by atomic mass is 10.2. The van der Waals surface area contributed by atoms with Crippen LogP contribution in [0.2, 0.25) is 5.02 Å². The maximum absolute atomic E-state index is 11.5. The fourth-order valence-corrected chi connectivity index (χ4v) is 2.09. The number of hydrogen-bond acceptors (Lipinski definition) is 3. The van der Waals surface area contributed by atoms with Crippen LogP contribution in [0.3, 0.4) is 0 Å². The average Bonchev–Trinajstić information content (AvgIpc) is 2.44. The average molecular weight is 269 g/mol. The van der Waals surface area contributed by atoms with Crippen LogP contribution in [0.4, 0.5) is 11.4 Å². The number of hydrogen-bond donors (Lipinski definition) is 2. The van der Waals surface area contributed by atoms with Gasteiger partial charge in [0.2, 0.25) is 5.91 Å². The summed E-state index contributed by atoms with van der Waals surface area (Å²) in [7, 11) is 0. The van der Waals surface area contributed by atoms with E-state index in [1.54, 1.807) is 18.2 Å². The molecule has 1 aromatic rings. The van der Waals surface area contributed by atoms with Gasteiger partial charge in [-0.3, -0.25) is 9.59 Å². The Hall–Kier alpha value is -1.75. The van der Waals surface area contributed by atoms with Crippen LogP contribution in [-0.2, 0) is 9.59 Å². The number of carboxylic acids is 1. The van der Waals surface area contributed by atoms with E-state index < -0.39 is 5.97 Å². The Morgan fingerprint density at radius 3 is 3.00 bits per heavy atom. The lowest BCUT2D eigenvalue weighted by Gasteiger charge is -2.23. The molecule has 96 valence electrons. The van der Waals surface area contributed by atoms with Gasteiger partial charge in [0.15, 0.2) is 0 Å². The normalized spacial score (nSPS) is 14.7. The molecule has 1 aromatic carbocycles. The first kappa shape index (κ1) is 12.7. The zero-order valence-corrected chi connectivity index (χ0v) is 10.4. The van der Waals surface area contributed by atoms with Gasteiger partial charge in [-0.05, 0) is 18.2 Å². The van der Waals surface area contributed by atoms with Gasteiger partial charge in [0.25, 0.3) is 0 Å². The zero-order chi connectivity index (χ0) is 13.1. The molecule has 0 spiro atoms. The van der Waals surface area contributed by atoms with Crippen LogP contribution in [-0.4, -0.2) is 30.1 Å². The van der Waals surface area contributed by atoms with Crippen LogP contribution < -0.4 is 10.2 Å². The smallest absolute Gasteiger partial charge is 0.305 e. The van der Waals surface area contributed by atoms with Gasteiger partial charge in [-0.1, -0.05) is 11.6 Å². The van der Waals surface area contributed by atoms with Crippen molar-refractivity contribution in [3.8, 4) is 0 Å². The molecule has 1 aliphatic rings. The fraction of sp³-hybridized carbons (Fsp3) is 0.333. The van der Waals surface area contributed by atoms with Gasteiger partial charge in [0.1, 0.15) is 0 Å². The van der Waals surface area contributed by atoms with Crippen molar-refractivity contribution in [1.29, 1.82) is 0 Å². The molecule has 0 saturated heterocycles. The fourth-order valence-electron chi connectivity index (χ4n) is 1.92. The number of amides is 1. The summed E-state index contributed by atoms with van der Waals surface area (Å²) in [6.07, 6.45) is 0.377. The molecule has 0 atom stereocenters. The molecule has 18 heavy (non-hydrogen) atoms. The number of carboxylic acid groups (broad SMARTS) is 1. The van der Waals surface area contributed by atoms with Crippen LogP contribution in [0.25, 0.3) is 0 Å². The summed E-state index contributed by atoms with van der Waals surface area (Å²) in [5.41, 5.74) is 1.45. The van der Waals surface area contributed by atoms with E-state index in [1.807, 2.05) is 4.90 Å². The van der Waals surface area contributed by atoms with Crippen LogP contribution in [0.1, 0.15) is 12.8 Å². The lowest BCUT2D eigenvalue weighted by molar-refractivity contribution is -0.136. The third kappa shape index (κ3) is 2.92. The number of halogens is 1. The first-order chi connectivity index (χ1) is 8.56. The minimum Gasteiger partial charge on any atom is -0.481 e. The standard InChI is InChI=1S/C12H13ClN2O3/c13-8-1-2-10-9(7-8)14-11(16)3-5-15(10)6-4-12(17)18/h1-2,7H,3-6H2,(H,14,16)(H,17,18). The molecule has 2 rings (SSSR count). The Morgan fingerprint density at radius 1 is 1.50 bits per heavy atom. The van der Waals surface area contributed by atoms with Crippen LogP contribution in [0.15, 0.2) is 18.2 Å². The number of fused-ring (bicyclic) bond motifs is 1. The SMILES string of the molecule is O=C(O)CCN1CCC(=O)Nc2cc(Cl)ccc21. The van der Waals surface area contributed by atoms with Crippen LogP contribution in [0, 0.1) is 0 Å². The molecular formula is C12H13ClN2O3. The Labute approximate surface area is 109 Å². The number of anilines is 2. The number of aliphatic carboxylic acids is 1. The first-order valence-electron chi connectivity index (χ1n) is 5.62. The predicted octanol–water partition coefficient (Wildman–Crippen LogP) is 1.96. The molecule has 0 fully saturated rings. The van der Waals surface area contributed by atoms with Crippen molar-refractivity contribution in [1.82, 2.24) is 0 Å². The third-order valence-corrected chi connectivity index (χ3v) is 3.01. The maximum Gasteiger partial charge on any atom is 0.305 e. The van der Waals surface area contributed by atoms with Crippen molar-refractivity contribution in [3.05, 3.63) is 23.2 Å². The Balaban J connectivity index is 2.27. The Kier molecular flexibility index (Phi) is 3.72. The highest BCUT2D eigenvalue weighted by atomic mass is 35.5. The van der Waals surface area contributed by atoms with Crippen molar-refractivity contribution in [2.24, 2.45) is 0 Å². The van der Waals surface area contributed by atoms with E-state index >= 15 is 0 Å². The minimum absolute atomic E-state index is 0.0380. The molecule has 0 bridgehead atoms. The quantitative estimate of drug-likeness (QED) is 0.879. The molecule has 0 aliphatic carbocycles. The molecule has 0 radical (unpaired) electrons. The Morgan fingerprint density at radius 2 is 2.28 bits per heavy atom. The molecule has 1 heterocycles. The second kappa shape index (κ2) is 5.27. The zero-order valence-electron chi connectivity index (χ0n) is 9.65. The topological polar surface area (TPSA) is 69.6 Å². The van der Waals surface area contributed by atoms with E-state index in [0.29, 0.717) is 30.2 Å². The molecule has 1 aliphatic heterocycles. The highest BCUT2D eigenvalue weighted by Gasteiger charge is 2.19. The summed E-state index contributed by atoms with van der Waals surface area (Å²) in [4.78, 5) is 24.1. The predicted molar refractivity (Wildman–Crippen MR) is 69.2 cm³/mol. The summed E-state index contributed by atoms with van der Waals surface area (Å²) in [5.74, 6) is -0.939. The van der Waals surface area contributed by atoms with Gasteiger partial charge >= 0.3 is 5.97 Å². The number of carbonyl (C=O) groups excluding carboxylic acids is 1. The van der Waals surface area contributed by atoms with Gasteiger partial charge in [0, 0.05) is 24.5 Å². The van der Waals surface area contributed by atoms with Gasteiger partial charge in [-0.2, -0.15) is 0 Å². The second-order valence-electron chi connectivity index (χ2n) is 4.09. The highest BCUT2D eigenvalue weighted by Crippen LogP contribution is 2.31. The summed E-state index contributed by atoms with van der Waals surface area (Å²) < 4.78 is 0. The first-order valence-corrected chi connectivity index (χ1v) is 6.00. The maximum atomic E-state index is 11.5. The number of rotatable bonds is 3. The lowest BCUT2D eigenvalue weighted by Crippen LogP contribution is -2.27. The summed E-state index contributed by atoms with van der Waals surface area (Å²) in [5, 5.41) is 12.0. The molecule has 0 aromatic heterocycles. The van der Waals surface area contributed by atoms with Crippen molar-refractivity contribution >= 4 is 34.9 Å². The van der Waals surface area contributed by atoms with Crippen molar-refractivity contribution in [2.45, 2.75) is 12.8 Å². The van der Waals surface area contributed by atoms with Crippen molar-refractivity contribution < 1.29 is 14.7 Å². The van der Waals surface area contributed by atoms with E-state index in [0.717, 1.165) is 5.69 Å². The monoisotopic (exact) mass is 268 g/mol. The van der Waals surface area contributed by atoms with E-state index in [-0.39, 0.29) is 12.3 Å². The van der Waals surface area contributed by atoms with Crippen molar-refractivity contribution in [2.75, 3.05) is 23.3 Å². The molecule has 2 N–H and O–H groups in total. The highest BCUT2D eigenvalue weighted by molar-refractivity contribution is 6.31. The molecule has 0 saturated carbocycles. The van der Waals surface area contributed by atoms with Crippen LogP contribution >= 0.6 is 11.6 Å². The van der Waals surface area contributed by atoms with E-state index in [2.05, 4.69) is 5.32 Å². The molecular weight excluding hydrogens is 256 g/mol. The van der Waals surface area contributed by atoms with Gasteiger partial charge in [0.05, 0.1) is 17.8 Å². The summed E-state index contributed by atoms with van der Waals surface area (Å²) in [6, 6.07) is 5.20. The number of nitrogens with one attached hydrogen (secondary N) is 1. The van der Waals surface area contributed by atoms with Gasteiger partial charge in [-0.25, -0.2) is 0 Å².